The number of carbonyl (C=O) groups is 3. The molecule has 1 fully saturated rings. The van der Waals surface area contributed by atoms with Gasteiger partial charge in [0.25, 0.3) is 0 Å². The van der Waals surface area contributed by atoms with E-state index in [1.54, 1.807) is 0 Å². The standard InChI is InChI=1S/C15H12ClNO4/c16-11-6-5-8(15(20)21)7-12(11)17-13(18)9-3-1-2-4-10(9)14(17)19/h1-2,5-7,9-10H,3-4H2,(H,20,21)/t9-,10+. The molecule has 0 saturated carbocycles. The van der Waals surface area contributed by atoms with Gasteiger partial charge in [0.2, 0.25) is 11.8 Å². The van der Waals surface area contributed by atoms with E-state index in [4.69, 9.17) is 16.7 Å². The molecule has 2 amide bonds. The minimum atomic E-state index is -1.13. The summed E-state index contributed by atoms with van der Waals surface area (Å²) in [4.78, 5) is 37.0. The first-order valence-electron chi connectivity index (χ1n) is 6.56. The van der Waals surface area contributed by atoms with Crippen LogP contribution in [0.5, 0.6) is 0 Å². The fraction of sp³-hybridized carbons (Fsp3) is 0.267. The van der Waals surface area contributed by atoms with E-state index in [0.29, 0.717) is 12.8 Å². The molecule has 3 rings (SSSR count). The number of aromatic carboxylic acids is 1. The van der Waals surface area contributed by atoms with Crippen molar-refractivity contribution in [3.63, 3.8) is 0 Å². The smallest absolute Gasteiger partial charge is 0.335 e. The summed E-state index contributed by atoms with van der Waals surface area (Å²) < 4.78 is 0. The van der Waals surface area contributed by atoms with Crippen LogP contribution in [0, 0.1) is 11.8 Å². The Labute approximate surface area is 125 Å². The van der Waals surface area contributed by atoms with Crippen LogP contribution in [-0.2, 0) is 9.59 Å². The molecular formula is C15H12ClNO4. The van der Waals surface area contributed by atoms with Crippen molar-refractivity contribution in [2.24, 2.45) is 11.8 Å². The number of carbonyl (C=O) groups excluding carboxylic acids is 2. The first-order valence-corrected chi connectivity index (χ1v) is 6.94. The van der Waals surface area contributed by atoms with Gasteiger partial charge in [-0.15, -0.1) is 0 Å². The van der Waals surface area contributed by atoms with Gasteiger partial charge in [-0.25, -0.2) is 9.69 Å². The highest BCUT2D eigenvalue weighted by Gasteiger charge is 2.48. The second kappa shape index (κ2) is 5.00. The molecule has 0 unspecified atom stereocenters. The zero-order chi connectivity index (χ0) is 15.1. The number of imide groups is 1. The van der Waals surface area contributed by atoms with Gasteiger partial charge in [-0.2, -0.15) is 0 Å². The van der Waals surface area contributed by atoms with Crippen molar-refractivity contribution in [3.05, 3.63) is 40.9 Å². The summed E-state index contributed by atoms with van der Waals surface area (Å²) in [7, 11) is 0. The van der Waals surface area contributed by atoms with Crippen LogP contribution in [0.25, 0.3) is 0 Å². The third kappa shape index (κ3) is 2.14. The quantitative estimate of drug-likeness (QED) is 0.673. The summed E-state index contributed by atoms with van der Waals surface area (Å²) in [5.41, 5.74) is 0.143. The van der Waals surface area contributed by atoms with E-state index in [-0.39, 0.29) is 39.9 Å². The average molecular weight is 306 g/mol. The van der Waals surface area contributed by atoms with Crippen molar-refractivity contribution in [1.82, 2.24) is 0 Å². The van der Waals surface area contributed by atoms with Gasteiger partial charge in [0.05, 0.1) is 28.1 Å². The van der Waals surface area contributed by atoms with Crippen molar-refractivity contribution in [3.8, 4) is 0 Å². The Kier molecular flexibility index (Phi) is 3.29. The minimum Gasteiger partial charge on any atom is -0.478 e. The summed E-state index contributed by atoms with van der Waals surface area (Å²) in [5, 5.41) is 9.23. The van der Waals surface area contributed by atoms with Crippen molar-refractivity contribution >= 4 is 35.1 Å². The zero-order valence-corrected chi connectivity index (χ0v) is 11.7. The number of hydrogen-bond donors (Lipinski definition) is 1. The Bertz CT molecular complexity index is 656. The van der Waals surface area contributed by atoms with Crippen LogP contribution in [-0.4, -0.2) is 22.9 Å². The predicted molar refractivity (Wildman–Crippen MR) is 76.3 cm³/mol. The molecule has 1 aromatic carbocycles. The number of nitrogens with zero attached hydrogens (tertiary/aromatic N) is 1. The number of hydrogen-bond acceptors (Lipinski definition) is 3. The minimum absolute atomic E-state index is 0.0111. The molecule has 21 heavy (non-hydrogen) atoms. The lowest BCUT2D eigenvalue weighted by molar-refractivity contribution is -0.122. The van der Waals surface area contributed by atoms with Crippen molar-refractivity contribution < 1.29 is 19.5 Å². The molecule has 5 nitrogen and oxygen atoms in total. The Morgan fingerprint density at radius 1 is 1.14 bits per heavy atom. The molecule has 0 radical (unpaired) electrons. The molecule has 6 heteroatoms. The van der Waals surface area contributed by atoms with E-state index in [1.807, 2.05) is 12.2 Å². The van der Waals surface area contributed by atoms with E-state index in [1.165, 1.54) is 18.2 Å². The van der Waals surface area contributed by atoms with Gasteiger partial charge in [-0.1, -0.05) is 23.8 Å². The lowest BCUT2D eigenvalue weighted by Gasteiger charge is -2.16. The number of amides is 2. The van der Waals surface area contributed by atoms with Gasteiger partial charge in [0.1, 0.15) is 0 Å². The molecule has 1 heterocycles. The highest BCUT2D eigenvalue weighted by Crippen LogP contribution is 2.40. The largest absolute Gasteiger partial charge is 0.478 e. The number of benzene rings is 1. The van der Waals surface area contributed by atoms with Crippen LogP contribution in [0.2, 0.25) is 5.02 Å². The molecule has 108 valence electrons. The van der Waals surface area contributed by atoms with Gasteiger partial charge < -0.3 is 5.11 Å². The molecule has 1 aromatic rings. The number of fused-ring (bicyclic) bond motifs is 1. The van der Waals surface area contributed by atoms with Crippen LogP contribution < -0.4 is 4.90 Å². The Balaban J connectivity index is 2.05. The van der Waals surface area contributed by atoms with E-state index in [9.17, 15) is 14.4 Å². The fourth-order valence-electron chi connectivity index (χ4n) is 2.85. The molecule has 1 aliphatic heterocycles. The van der Waals surface area contributed by atoms with Gasteiger partial charge in [0, 0.05) is 0 Å². The third-order valence-corrected chi connectivity index (χ3v) is 4.26. The van der Waals surface area contributed by atoms with Crippen LogP contribution in [0.3, 0.4) is 0 Å². The van der Waals surface area contributed by atoms with E-state index >= 15 is 0 Å². The second-order valence-corrected chi connectivity index (χ2v) is 5.55. The monoisotopic (exact) mass is 305 g/mol. The lowest BCUT2D eigenvalue weighted by Crippen LogP contribution is -2.31. The average Bonchev–Trinajstić information content (AvgIpc) is 2.72. The number of allylic oxidation sites excluding steroid dienone is 2. The number of halogens is 1. The molecule has 1 saturated heterocycles. The molecule has 2 aliphatic rings. The van der Waals surface area contributed by atoms with Crippen molar-refractivity contribution in [2.75, 3.05) is 4.90 Å². The summed E-state index contributed by atoms with van der Waals surface area (Å²) >= 11 is 6.05. The molecule has 0 aromatic heterocycles. The Morgan fingerprint density at radius 3 is 2.24 bits per heavy atom. The summed E-state index contributed by atoms with van der Waals surface area (Å²) in [5.74, 6) is -2.48. The zero-order valence-electron chi connectivity index (χ0n) is 11.0. The van der Waals surface area contributed by atoms with Crippen molar-refractivity contribution in [1.29, 1.82) is 0 Å². The van der Waals surface area contributed by atoms with E-state index in [0.717, 1.165) is 4.90 Å². The molecular weight excluding hydrogens is 294 g/mol. The molecule has 0 spiro atoms. The predicted octanol–water partition coefficient (Wildman–Crippen LogP) is 2.49. The first-order chi connectivity index (χ1) is 10.0. The fourth-order valence-corrected chi connectivity index (χ4v) is 3.06. The van der Waals surface area contributed by atoms with E-state index < -0.39 is 5.97 Å². The molecule has 2 atom stereocenters. The summed E-state index contributed by atoms with van der Waals surface area (Å²) in [6.45, 7) is 0. The highest BCUT2D eigenvalue weighted by molar-refractivity contribution is 6.36. The molecule has 1 aliphatic carbocycles. The maximum Gasteiger partial charge on any atom is 0.335 e. The van der Waals surface area contributed by atoms with Crippen LogP contribution >= 0.6 is 11.6 Å². The number of rotatable bonds is 2. The number of carboxylic acids is 1. The summed E-state index contributed by atoms with van der Waals surface area (Å²) in [6, 6.07) is 4.00. The molecule has 0 bridgehead atoms. The lowest BCUT2D eigenvalue weighted by atomic mass is 9.85. The maximum absolute atomic E-state index is 12.4. The number of carboxylic acid groups (broad SMARTS) is 1. The third-order valence-electron chi connectivity index (χ3n) is 3.94. The first kappa shape index (κ1) is 13.8. The van der Waals surface area contributed by atoms with Crippen LogP contribution in [0.15, 0.2) is 30.4 Å². The molecule has 1 N–H and O–H groups in total. The number of anilines is 1. The normalized spacial score (nSPS) is 24.3. The summed E-state index contributed by atoms with van der Waals surface area (Å²) in [6.07, 6.45) is 4.85. The van der Waals surface area contributed by atoms with Gasteiger partial charge in [-0.3, -0.25) is 9.59 Å². The van der Waals surface area contributed by atoms with Gasteiger partial charge in [0.15, 0.2) is 0 Å². The highest BCUT2D eigenvalue weighted by atomic mass is 35.5. The van der Waals surface area contributed by atoms with Crippen LogP contribution in [0.1, 0.15) is 23.2 Å². The maximum atomic E-state index is 12.4. The Morgan fingerprint density at radius 2 is 1.71 bits per heavy atom. The Hall–Kier alpha value is -2.14. The van der Waals surface area contributed by atoms with Crippen LogP contribution in [0.4, 0.5) is 5.69 Å². The SMILES string of the molecule is O=C(O)c1ccc(Cl)c(N2C(=O)[C@H]3CC=CC[C@H]3C2=O)c1. The van der Waals surface area contributed by atoms with E-state index in [2.05, 4.69) is 0 Å². The van der Waals surface area contributed by atoms with Crippen molar-refractivity contribution in [2.45, 2.75) is 12.8 Å². The topological polar surface area (TPSA) is 74.7 Å². The van der Waals surface area contributed by atoms with Gasteiger partial charge >= 0.3 is 5.97 Å². The van der Waals surface area contributed by atoms with Gasteiger partial charge in [-0.05, 0) is 31.0 Å². The second-order valence-electron chi connectivity index (χ2n) is 5.14.